The zero-order valence-electron chi connectivity index (χ0n) is 8.91. The maximum Gasteiger partial charge on any atom is 0.305 e. The average Bonchev–Trinajstić information content (AvgIpc) is 2.55. The molecule has 0 spiro atoms. The Labute approximate surface area is 83.9 Å². The third-order valence-corrected chi connectivity index (χ3v) is 2.20. The number of aromatic nitrogens is 2. The number of esters is 1. The highest BCUT2D eigenvalue weighted by Gasteiger charge is 2.06. The zero-order valence-corrected chi connectivity index (χ0v) is 8.91. The summed E-state index contributed by atoms with van der Waals surface area (Å²) in [5, 5.41) is 4.30. The van der Waals surface area contributed by atoms with Crippen molar-refractivity contribution in [3.05, 3.63) is 17.5 Å². The van der Waals surface area contributed by atoms with Gasteiger partial charge in [-0.25, -0.2) is 0 Å². The first-order valence-corrected chi connectivity index (χ1v) is 4.76. The number of methoxy groups -OCH3 is 1. The first kappa shape index (κ1) is 10.8. The second-order valence-corrected chi connectivity index (χ2v) is 3.18. The van der Waals surface area contributed by atoms with Crippen LogP contribution in [0.25, 0.3) is 0 Å². The average molecular weight is 196 g/mol. The number of ether oxygens (including phenoxy) is 1. The van der Waals surface area contributed by atoms with Gasteiger partial charge in [-0.3, -0.25) is 9.48 Å². The fraction of sp³-hybridized carbons (Fsp3) is 0.600. The highest BCUT2D eigenvalue weighted by Crippen LogP contribution is 2.06. The van der Waals surface area contributed by atoms with Gasteiger partial charge >= 0.3 is 5.97 Å². The van der Waals surface area contributed by atoms with Gasteiger partial charge in [-0.2, -0.15) is 5.10 Å². The third kappa shape index (κ3) is 2.58. The molecule has 0 amide bonds. The van der Waals surface area contributed by atoms with Crippen LogP contribution in [0.2, 0.25) is 0 Å². The molecule has 78 valence electrons. The van der Waals surface area contributed by atoms with Gasteiger partial charge in [-0.15, -0.1) is 0 Å². The predicted molar refractivity (Wildman–Crippen MR) is 52.9 cm³/mol. The molecule has 0 radical (unpaired) electrons. The SMILES string of the molecule is CCc1cc(CCC(=O)OC)n(C)n1. The van der Waals surface area contributed by atoms with E-state index in [0.717, 1.165) is 17.8 Å². The molecule has 0 N–H and O–H groups in total. The largest absolute Gasteiger partial charge is 0.469 e. The van der Waals surface area contributed by atoms with E-state index in [4.69, 9.17) is 0 Å². The summed E-state index contributed by atoms with van der Waals surface area (Å²) in [6.45, 7) is 2.06. The van der Waals surface area contributed by atoms with E-state index in [-0.39, 0.29) is 5.97 Å². The molecule has 0 unspecified atom stereocenters. The van der Waals surface area contributed by atoms with Crippen molar-refractivity contribution in [3.8, 4) is 0 Å². The minimum Gasteiger partial charge on any atom is -0.469 e. The maximum atomic E-state index is 10.9. The van der Waals surface area contributed by atoms with E-state index < -0.39 is 0 Å². The molecule has 0 atom stereocenters. The Kier molecular flexibility index (Phi) is 3.68. The third-order valence-electron chi connectivity index (χ3n) is 2.20. The van der Waals surface area contributed by atoms with Crippen LogP contribution in [0, 0.1) is 0 Å². The molecule has 1 aromatic heterocycles. The Bertz CT molecular complexity index is 318. The highest BCUT2D eigenvalue weighted by molar-refractivity contribution is 5.69. The number of hydrogen-bond acceptors (Lipinski definition) is 3. The van der Waals surface area contributed by atoms with Crippen LogP contribution >= 0.6 is 0 Å². The molecule has 0 aliphatic rings. The Morgan fingerprint density at radius 1 is 1.64 bits per heavy atom. The molecular formula is C10H16N2O2. The van der Waals surface area contributed by atoms with E-state index in [1.54, 1.807) is 0 Å². The van der Waals surface area contributed by atoms with E-state index in [2.05, 4.69) is 16.8 Å². The number of rotatable bonds is 4. The molecule has 0 aliphatic heterocycles. The van der Waals surface area contributed by atoms with Gasteiger partial charge < -0.3 is 4.74 Å². The minimum atomic E-state index is -0.177. The summed E-state index contributed by atoms with van der Waals surface area (Å²) < 4.78 is 6.40. The molecule has 0 aromatic carbocycles. The van der Waals surface area contributed by atoms with Crippen molar-refractivity contribution in [1.29, 1.82) is 0 Å². The molecule has 0 saturated carbocycles. The van der Waals surface area contributed by atoms with Crippen LogP contribution in [0.3, 0.4) is 0 Å². The van der Waals surface area contributed by atoms with Crippen LogP contribution in [0.15, 0.2) is 6.07 Å². The van der Waals surface area contributed by atoms with Gasteiger partial charge in [0.15, 0.2) is 0 Å². The van der Waals surface area contributed by atoms with E-state index in [1.807, 2.05) is 17.8 Å². The van der Waals surface area contributed by atoms with Crippen LogP contribution in [0.1, 0.15) is 24.7 Å². The van der Waals surface area contributed by atoms with Crippen molar-refractivity contribution in [2.75, 3.05) is 7.11 Å². The van der Waals surface area contributed by atoms with Crippen molar-refractivity contribution in [1.82, 2.24) is 9.78 Å². The van der Waals surface area contributed by atoms with Crippen LogP contribution < -0.4 is 0 Å². The monoisotopic (exact) mass is 196 g/mol. The molecule has 1 heterocycles. The van der Waals surface area contributed by atoms with Gasteiger partial charge in [-0.05, 0) is 18.9 Å². The van der Waals surface area contributed by atoms with E-state index >= 15 is 0 Å². The summed E-state index contributed by atoms with van der Waals surface area (Å²) >= 11 is 0. The number of hydrogen-bond donors (Lipinski definition) is 0. The smallest absolute Gasteiger partial charge is 0.305 e. The van der Waals surface area contributed by atoms with Gasteiger partial charge in [0, 0.05) is 12.7 Å². The lowest BCUT2D eigenvalue weighted by Crippen LogP contribution is -2.05. The van der Waals surface area contributed by atoms with Crippen LogP contribution in [0.5, 0.6) is 0 Å². The summed E-state index contributed by atoms with van der Waals surface area (Å²) in [5.74, 6) is -0.177. The lowest BCUT2D eigenvalue weighted by atomic mass is 10.2. The summed E-state index contributed by atoms with van der Waals surface area (Å²) in [7, 11) is 3.30. The topological polar surface area (TPSA) is 44.1 Å². The van der Waals surface area contributed by atoms with Gasteiger partial charge in [0.1, 0.15) is 0 Å². The van der Waals surface area contributed by atoms with E-state index in [9.17, 15) is 4.79 Å². The predicted octanol–water partition coefficient (Wildman–Crippen LogP) is 1.09. The maximum absolute atomic E-state index is 10.9. The Hall–Kier alpha value is -1.32. The fourth-order valence-corrected chi connectivity index (χ4v) is 1.31. The van der Waals surface area contributed by atoms with Gasteiger partial charge in [0.05, 0.1) is 19.2 Å². The minimum absolute atomic E-state index is 0.177. The van der Waals surface area contributed by atoms with Crippen molar-refractivity contribution in [2.24, 2.45) is 7.05 Å². The highest BCUT2D eigenvalue weighted by atomic mass is 16.5. The molecule has 0 saturated heterocycles. The number of aryl methyl sites for hydroxylation is 3. The molecule has 4 nitrogen and oxygen atoms in total. The first-order chi connectivity index (χ1) is 6.67. The molecule has 1 rings (SSSR count). The summed E-state index contributed by atoms with van der Waals surface area (Å²) in [6.07, 6.45) is 2.03. The molecular weight excluding hydrogens is 180 g/mol. The van der Waals surface area contributed by atoms with Crippen molar-refractivity contribution >= 4 is 5.97 Å². The normalized spacial score (nSPS) is 10.2. The molecule has 4 heteroatoms. The van der Waals surface area contributed by atoms with Gasteiger partial charge in [0.25, 0.3) is 0 Å². The van der Waals surface area contributed by atoms with Crippen LogP contribution in [-0.2, 0) is 29.4 Å². The van der Waals surface area contributed by atoms with Crippen LogP contribution in [0.4, 0.5) is 0 Å². The second kappa shape index (κ2) is 4.79. The fourth-order valence-electron chi connectivity index (χ4n) is 1.31. The van der Waals surface area contributed by atoms with E-state index in [0.29, 0.717) is 12.8 Å². The number of carbonyl (C=O) groups is 1. The van der Waals surface area contributed by atoms with Crippen molar-refractivity contribution in [2.45, 2.75) is 26.2 Å². The molecule has 0 bridgehead atoms. The van der Waals surface area contributed by atoms with Gasteiger partial charge in [0.2, 0.25) is 0 Å². The van der Waals surface area contributed by atoms with Crippen molar-refractivity contribution < 1.29 is 9.53 Å². The zero-order chi connectivity index (χ0) is 10.6. The number of carbonyl (C=O) groups excluding carboxylic acids is 1. The molecule has 0 aliphatic carbocycles. The Morgan fingerprint density at radius 3 is 2.86 bits per heavy atom. The molecule has 0 fully saturated rings. The van der Waals surface area contributed by atoms with Crippen LogP contribution in [-0.4, -0.2) is 22.9 Å². The van der Waals surface area contributed by atoms with Gasteiger partial charge in [-0.1, -0.05) is 6.92 Å². The van der Waals surface area contributed by atoms with E-state index in [1.165, 1.54) is 7.11 Å². The standard InChI is InChI=1S/C10H16N2O2/c1-4-8-7-9(12(2)11-8)5-6-10(13)14-3/h7H,4-6H2,1-3H3. The van der Waals surface area contributed by atoms with Crippen molar-refractivity contribution in [3.63, 3.8) is 0 Å². The molecule has 14 heavy (non-hydrogen) atoms. The first-order valence-electron chi connectivity index (χ1n) is 4.76. The number of nitrogens with zero attached hydrogens (tertiary/aromatic N) is 2. The lowest BCUT2D eigenvalue weighted by molar-refractivity contribution is -0.140. The molecule has 1 aromatic rings. The quantitative estimate of drug-likeness (QED) is 0.677. The summed E-state index contributed by atoms with van der Waals surface area (Å²) in [4.78, 5) is 10.9. The summed E-state index contributed by atoms with van der Waals surface area (Å²) in [6, 6.07) is 2.03. The Balaban J connectivity index is 2.58. The Morgan fingerprint density at radius 2 is 2.36 bits per heavy atom. The second-order valence-electron chi connectivity index (χ2n) is 3.18. The summed E-state index contributed by atoms with van der Waals surface area (Å²) in [5.41, 5.74) is 2.14. The lowest BCUT2D eigenvalue weighted by Gasteiger charge is -1.99.